The molecule has 0 saturated heterocycles. The van der Waals surface area contributed by atoms with Gasteiger partial charge in [0.15, 0.2) is 5.43 Å². The van der Waals surface area contributed by atoms with Crippen LogP contribution in [-0.2, 0) is 0 Å². The first-order valence-corrected chi connectivity index (χ1v) is 9.16. The summed E-state index contributed by atoms with van der Waals surface area (Å²) in [5.41, 5.74) is 8.48. The van der Waals surface area contributed by atoms with Gasteiger partial charge in [0.1, 0.15) is 18.0 Å². The van der Waals surface area contributed by atoms with Gasteiger partial charge in [-0.3, -0.25) is 4.79 Å². The normalized spacial score (nSPS) is 12.1. The molecular formula is C21H18ClN5O. The van der Waals surface area contributed by atoms with Crippen LogP contribution in [0.4, 0.5) is 11.6 Å². The third-order valence-corrected chi connectivity index (χ3v) is 4.89. The molecule has 0 fully saturated rings. The molecule has 2 aromatic heterocycles. The maximum Gasteiger partial charge on any atom is 0.195 e. The fourth-order valence-electron chi connectivity index (χ4n) is 3.28. The topological polar surface area (TPSA) is 96.7 Å². The lowest BCUT2D eigenvalue weighted by Gasteiger charge is -2.19. The molecule has 6 nitrogen and oxygen atoms in total. The lowest BCUT2D eigenvalue weighted by atomic mass is 9.98. The van der Waals surface area contributed by atoms with Gasteiger partial charge in [-0.1, -0.05) is 48.0 Å². The number of aromatic amines is 1. The molecule has 0 aliphatic heterocycles. The Bertz CT molecular complexity index is 1210. The largest absolute Gasteiger partial charge is 0.384 e. The first kappa shape index (κ1) is 18.0. The molecule has 7 heteroatoms. The summed E-state index contributed by atoms with van der Waals surface area (Å²) in [4.78, 5) is 24.8. The lowest BCUT2D eigenvalue weighted by Crippen LogP contribution is -2.21. The van der Waals surface area contributed by atoms with Crippen LogP contribution in [0.3, 0.4) is 0 Å². The highest BCUT2D eigenvalue weighted by atomic mass is 35.5. The molecule has 0 unspecified atom stereocenters. The van der Waals surface area contributed by atoms with Gasteiger partial charge >= 0.3 is 0 Å². The van der Waals surface area contributed by atoms with E-state index in [4.69, 9.17) is 17.3 Å². The van der Waals surface area contributed by atoms with Crippen LogP contribution in [-0.4, -0.2) is 15.0 Å². The summed E-state index contributed by atoms with van der Waals surface area (Å²) in [7, 11) is 0. The number of hydrogen-bond donors (Lipinski definition) is 3. The van der Waals surface area contributed by atoms with E-state index >= 15 is 0 Å². The number of benzene rings is 2. The van der Waals surface area contributed by atoms with Crippen molar-refractivity contribution in [2.75, 3.05) is 11.1 Å². The van der Waals surface area contributed by atoms with E-state index < -0.39 is 0 Å². The average Bonchev–Trinajstić information content (AvgIpc) is 2.69. The SMILES string of the molecule is C[C@H](Nc1cc(N)ncn1)c1c(-c2ccccc2)[nH]c2c(Cl)cccc2c1=O. The van der Waals surface area contributed by atoms with Crippen LogP contribution in [0.5, 0.6) is 0 Å². The highest BCUT2D eigenvalue weighted by molar-refractivity contribution is 6.35. The Balaban J connectivity index is 1.93. The van der Waals surface area contributed by atoms with Crippen molar-refractivity contribution in [2.24, 2.45) is 0 Å². The lowest BCUT2D eigenvalue weighted by molar-refractivity contribution is 0.862. The Labute approximate surface area is 166 Å². The van der Waals surface area contributed by atoms with Gasteiger partial charge in [-0.25, -0.2) is 9.97 Å². The van der Waals surface area contributed by atoms with E-state index in [-0.39, 0.29) is 11.5 Å². The van der Waals surface area contributed by atoms with Gasteiger partial charge in [-0.2, -0.15) is 0 Å². The fourth-order valence-corrected chi connectivity index (χ4v) is 3.50. The first-order chi connectivity index (χ1) is 13.5. The number of fused-ring (bicyclic) bond motifs is 1. The maximum absolute atomic E-state index is 13.4. The second-order valence-electron chi connectivity index (χ2n) is 6.47. The Morgan fingerprint density at radius 2 is 1.89 bits per heavy atom. The third kappa shape index (κ3) is 3.30. The van der Waals surface area contributed by atoms with Gasteiger partial charge in [0.2, 0.25) is 0 Å². The van der Waals surface area contributed by atoms with Crippen molar-refractivity contribution < 1.29 is 0 Å². The smallest absolute Gasteiger partial charge is 0.195 e. The Hall–Kier alpha value is -3.38. The molecule has 0 saturated carbocycles. The molecule has 4 N–H and O–H groups in total. The fraction of sp³-hybridized carbons (Fsp3) is 0.0952. The molecule has 4 rings (SSSR count). The van der Waals surface area contributed by atoms with Crippen molar-refractivity contribution in [2.45, 2.75) is 13.0 Å². The summed E-state index contributed by atoms with van der Waals surface area (Å²) in [6.45, 7) is 1.91. The third-order valence-electron chi connectivity index (χ3n) is 4.57. The van der Waals surface area contributed by atoms with E-state index in [1.165, 1.54) is 6.33 Å². The number of nitrogens with two attached hydrogens (primary N) is 1. The van der Waals surface area contributed by atoms with E-state index in [0.717, 1.165) is 5.56 Å². The van der Waals surface area contributed by atoms with Crippen molar-refractivity contribution >= 4 is 34.1 Å². The summed E-state index contributed by atoms with van der Waals surface area (Å²) in [6.07, 6.45) is 1.38. The van der Waals surface area contributed by atoms with Crippen LogP contribution < -0.4 is 16.5 Å². The van der Waals surface area contributed by atoms with Crippen LogP contribution in [0.15, 0.2) is 65.7 Å². The molecular weight excluding hydrogens is 374 g/mol. The van der Waals surface area contributed by atoms with Crippen LogP contribution >= 0.6 is 11.6 Å². The second-order valence-corrected chi connectivity index (χ2v) is 6.87. The molecule has 0 aliphatic rings. The summed E-state index contributed by atoms with van der Waals surface area (Å²) >= 11 is 6.35. The molecule has 28 heavy (non-hydrogen) atoms. The highest BCUT2D eigenvalue weighted by Crippen LogP contribution is 2.30. The first-order valence-electron chi connectivity index (χ1n) is 8.78. The van der Waals surface area contributed by atoms with E-state index in [1.807, 2.05) is 37.3 Å². The number of hydrogen-bond acceptors (Lipinski definition) is 5. The van der Waals surface area contributed by atoms with Crippen LogP contribution in [0.25, 0.3) is 22.2 Å². The van der Waals surface area contributed by atoms with E-state index in [0.29, 0.717) is 38.8 Å². The monoisotopic (exact) mass is 391 g/mol. The van der Waals surface area contributed by atoms with Crippen molar-refractivity contribution in [1.29, 1.82) is 0 Å². The molecule has 0 bridgehead atoms. The molecule has 0 amide bonds. The Morgan fingerprint density at radius 1 is 1.11 bits per heavy atom. The zero-order chi connectivity index (χ0) is 19.7. The Morgan fingerprint density at radius 3 is 2.64 bits per heavy atom. The predicted octanol–water partition coefficient (Wildman–Crippen LogP) is 4.39. The van der Waals surface area contributed by atoms with Gasteiger partial charge in [0, 0.05) is 17.0 Å². The van der Waals surface area contributed by atoms with Crippen molar-refractivity contribution in [1.82, 2.24) is 15.0 Å². The summed E-state index contributed by atoms with van der Waals surface area (Å²) in [5, 5.41) is 4.29. The number of halogens is 1. The van der Waals surface area contributed by atoms with E-state index in [1.54, 1.807) is 24.3 Å². The minimum Gasteiger partial charge on any atom is -0.384 e. The molecule has 4 aromatic rings. The summed E-state index contributed by atoms with van der Waals surface area (Å²) < 4.78 is 0. The number of H-pyrrole nitrogens is 1. The summed E-state index contributed by atoms with van der Waals surface area (Å²) in [5.74, 6) is 0.900. The molecule has 2 aromatic carbocycles. The number of para-hydroxylation sites is 1. The standard InChI is InChI=1S/C21H18ClN5O/c1-12(26-17-10-16(23)24-11-25-17)18-19(13-6-3-2-4-7-13)27-20-14(21(18)28)8-5-9-15(20)22/h2-12H,1H3,(H,27,28)(H3,23,24,25,26)/t12-/m0/s1. The Kier molecular flexibility index (Phi) is 4.71. The van der Waals surface area contributed by atoms with Gasteiger partial charge < -0.3 is 16.0 Å². The molecule has 1 atom stereocenters. The zero-order valence-corrected chi connectivity index (χ0v) is 15.9. The van der Waals surface area contributed by atoms with E-state index in [2.05, 4.69) is 20.3 Å². The van der Waals surface area contributed by atoms with Crippen LogP contribution in [0.1, 0.15) is 18.5 Å². The van der Waals surface area contributed by atoms with Crippen molar-refractivity contribution in [3.05, 3.63) is 81.7 Å². The highest BCUT2D eigenvalue weighted by Gasteiger charge is 2.20. The molecule has 0 aliphatic carbocycles. The quantitative estimate of drug-likeness (QED) is 0.479. The van der Waals surface area contributed by atoms with Gasteiger partial charge in [-0.05, 0) is 24.6 Å². The predicted molar refractivity (Wildman–Crippen MR) is 113 cm³/mol. The number of nitrogens with zero attached hydrogens (tertiary/aromatic N) is 2. The van der Waals surface area contributed by atoms with Crippen molar-refractivity contribution in [3.63, 3.8) is 0 Å². The molecule has 140 valence electrons. The number of anilines is 2. The van der Waals surface area contributed by atoms with Crippen LogP contribution in [0.2, 0.25) is 5.02 Å². The maximum atomic E-state index is 13.4. The minimum absolute atomic E-state index is 0.0860. The number of pyridine rings is 1. The van der Waals surface area contributed by atoms with Crippen molar-refractivity contribution in [3.8, 4) is 11.3 Å². The second kappa shape index (κ2) is 7.32. The van der Waals surface area contributed by atoms with Crippen LogP contribution in [0, 0.1) is 0 Å². The van der Waals surface area contributed by atoms with E-state index in [9.17, 15) is 4.79 Å². The van der Waals surface area contributed by atoms with Gasteiger partial charge in [0.25, 0.3) is 0 Å². The minimum atomic E-state index is -0.336. The summed E-state index contributed by atoms with van der Waals surface area (Å²) in [6, 6.07) is 16.3. The molecule has 2 heterocycles. The van der Waals surface area contributed by atoms with Gasteiger partial charge in [0.05, 0.1) is 22.3 Å². The molecule has 0 spiro atoms. The van der Waals surface area contributed by atoms with Gasteiger partial charge in [-0.15, -0.1) is 0 Å². The molecule has 0 radical (unpaired) electrons. The number of aromatic nitrogens is 3. The number of rotatable bonds is 4. The number of nitrogen functional groups attached to an aromatic ring is 1. The average molecular weight is 392 g/mol. The number of nitrogens with one attached hydrogen (secondary N) is 2. The zero-order valence-electron chi connectivity index (χ0n) is 15.1.